The second-order valence-electron chi connectivity index (χ2n) is 5.43. The van der Waals surface area contributed by atoms with Crippen molar-refractivity contribution >= 4 is 11.5 Å². The van der Waals surface area contributed by atoms with E-state index < -0.39 is 0 Å². The summed E-state index contributed by atoms with van der Waals surface area (Å²) in [7, 11) is 0. The lowest BCUT2D eigenvalue weighted by atomic mass is 9.83. The molecule has 2 heterocycles. The molecule has 6 heteroatoms. The molecular formula is C13H19N5O. The highest BCUT2D eigenvalue weighted by atomic mass is 16.2. The molecule has 2 N–H and O–H groups in total. The van der Waals surface area contributed by atoms with E-state index in [0.29, 0.717) is 11.1 Å². The van der Waals surface area contributed by atoms with Crippen LogP contribution in [-0.4, -0.2) is 26.4 Å². The van der Waals surface area contributed by atoms with Crippen LogP contribution in [0.4, 0.5) is 5.82 Å². The van der Waals surface area contributed by atoms with E-state index in [4.69, 9.17) is 0 Å². The first-order valence-corrected chi connectivity index (χ1v) is 6.91. The largest absolute Gasteiger partial charge is 0.368 e. The number of anilines is 1. The van der Waals surface area contributed by atoms with Crippen molar-refractivity contribution in [1.29, 1.82) is 0 Å². The number of H-pyrrole nitrogens is 1. The second kappa shape index (κ2) is 4.68. The SMILES string of the molecule is CCC1(CNc2ccc3n[nH]c(=O)n3n2)CCCC1. The van der Waals surface area contributed by atoms with Crippen LogP contribution < -0.4 is 11.0 Å². The molecule has 2 aromatic heterocycles. The van der Waals surface area contributed by atoms with Crippen molar-refractivity contribution in [1.82, 2.24) is 19.8 Å². The minimum atomic E-state index is -0.301. The minimum absolute atomic E-state index is 0.301. The van der Waals surface area contributed by atoms with Gasteiger partial charge in [-0.05, 0) is 36.8 Å². The van der Waals surface area contributed by atoms with Gasteiger partial charge in [0, 0.05) is 6.54 Å². The lowest BCUT2D eigenvalue weighted by molar-refractivity contribution is 0.306. The quantitative estimate of drug-likeness (QED) is 0.880. The van der Waals surface area contributed by atoms with Gasteiger partial charge in [-0.25, -0.2) is 9.89 Å². The fourth-order valence-corrected chi connectivity index (χ4v) is 2.96. The first-order valence-electron chi connectivity index (χ1n) is 6.91. The molecule has 6 nitrogen and oxygen atoms in total. The number of aromatic nitrogens is 4. The lowest BCUT2D eigenvalue weighted by Gasteiger charge is -2.27. The Morgan fingerprint density at radius 2 is 2.21 bits per heavy atom. The molecule has 3 rings (SSSR count). The highest BCUT2D eigenvalue weighted by Gasteiger charge is 2.31. The number of nitrogens with zero attached hydrogens (tertiary/aromatic N) is 3. The molecule has 0 saturated heterocycles. The maximum Gasteiger partial charge on any atom is 0.364 e. The molecule has 1 fully saturated rings. The normalized spacial score (nSPS) is 17.9. The average Bonchev–Trinajstić information content (AvgIpc) is 3.05. The van der Waals surface area contributed by atoms with Gasteiger partial charge in [0.2, 0.25) is 0 Å². The number of nitrogens with one attached hydrogen (secondary N) is 2. The molecule has 19 heavy (non-hydrogen) atoms. The van der Waals surface area contributed by atoms with Crippen LogP contribution in [0.2, 0.25) is 0 Å². The van der Waals surface area contributed by atoms with E-state index in [1.54, 1.807) is 6.07 Å². The minimum Gasteiger partial charge on any atom is -0.368 e. The molecule has 1 aliphatic rings. The molecule has 1 aliphatic carbocycles. The van der Waals surface area contributed by atoms with Gasteiger partial charge in [-0.2, -0.15) is 9.61 Å². The number of fused-ring (bicyclic) bond motifs is 1. The number of hydrogen-bond donors (Lipinski definition) is 2. The number of hydrogen-bond acceptors (Lipinski definition) is 4. The van der Waals surface area contributed by atoms with E-state index in [1.807, 2.05) is 6.07 Å². The topological polar surface area (TPSA) is 75.1 Å². The molecule has 0 aromatic carbocycles. The Morgan fingerprint density at radius 1 is 1.42 bits per heavy atom. The van der Waals surface area contributed by atoms with Crippen molar-refractivity contribution in [2.45, 2.75) is 39.0 Å². The zero-order valence-electron chi connectivity index (χ0n) is 11.1. The monoisotopic (exact) mass is 261 g/mol. The van der Waals surface area contributed by atoms with Gasteiger partial charge < -0.3 is 5.32 Å². The Labute approximate surface area is 111 Å². The van der Waals surface area contributed by atoms with Crippen molar-refractivity contribution in [2.24, 2.45) is 5.41 Å². The third-order valence-electron chi connectivity index (χ3n) is 4.33. The summed E-state index contributed by atoms with van der Waals surface area (Å²) >= 11 is 0. The van der Waals surface area contributed by atoms with E-state index in [9.17, 15) is 4.79 Å². The van der Waals surface area contributed by atoms with E-state index >= 15 is 0 Å². The highest BCUT2D eigenvalue weighted by Crippen LogP contribution is 2.40. The third-order valence-corrected chi connectivity index (χ3v) is 4.33. The van der Waals surface area contributed by atoms with Gasteiger partial charge in [0.1, 0.15) is 5.82 Å². The Morgan fingerprint density at radius 3 is 2.95 bits per heavy atom. The standard InChI is InChI=1S/C13H19N5O/c1-2-13(7-3-4-8-13)9-14-10-5-6-11-15-16-12(19)18(11)17-10/h5-6H,2-4,7-9H2,1H3,(H,14,17)(H,16,19). The number of aromatic amines is 1. The molecule has 0 bridgehead atoms. The van der Waals surface area contributed by atoms with Gasteiger partial charge in [0.25, 0.3) is 0 Å². The highest BCUT2D eigenvalue weighted by molar-refractivity contribution is 5.43. The predicted molar refractivity (Wildman–Crippen MR) is 73.3 cm³/mol. The summed E-state index contributed by atoms with van der Waals surface area (Å²) < 4.78 is 1.29. The first-order chi connectivity index (χ1) is 9.22. The molecule has 1 saturated carbocycles. The summed E-state index contributed by atoms with van der Waals surface area (Å²) in [6.45, 7) is 3.18. The Balaban J connectivity index is 1.77. The zero-order valence-corrected chi connectivity index (χ0v) is 11.1. The van der Waals surface area contributed by atoms with Crippen LogP contribution in [0.15, 0.2) is 16.9 Å². The van der Waals surface area contributed by atoms with Gasteiger partial charge in [0.15, 0.2) is 5.65 Å². The molecular weight excluding hydrogens is 242 g/mol. The molecule has 0 amide bonds. The maximum atomic E-state index is 11.5. The maximum absolute atomic E-state index is 11.5. The lowest BCUT2D eigenvalue weighted by Crippen LogP contribution is -2.26. The van der Waals surface area contributed by atoms with Crippen molar-refractivity contribution in [2.75, 3.05) is 11.9 Å². The fourth-order valence-electron chi connectivity index (χ4n) is 2.96. The van der Waals surface area contributed by atoms with E-state index in [0.717, 1.165) is 12.4 Å². The first kappa shape index (κ1) is 12.2. The molecule has 0 aliphatic heterocycles. The second-order valence-corrected chi connectivity index (χ2v) is 5.43. The molecule has 0 atom stereocenters. The van der Waals surface area contributed by atoms with Gasteiger partial charge in [0.05, 0.1) is 0 Å². The summed E-state index contributed by atoms with van der Waals surface area (Å²) in [5, 5.41) is 13.9. The van der Waals surface area contributed by atoms with Crippen LogP contribution in [0.25, 0.3) is 5.65 Å². The molecule has 0 unspecified atom stereocenters. The van der Waals surface area contributed by atoms with Crippen molar-refractivity contribution < 1.29 is 0 Å². The molecule has 0 spiro atoms. The van der Waals surface area contributed by atoms with Gasteiger partial charge in [-0.15, -0.1) is 5.10 Å². The third kappa shape index (κ3) is 2.22. The van der Waals surface area contributed by atoms with Crippen molar-refractivity contribution in [3.63, 3.8) is 0 Å². The molecule has 0 radical (unpaired) electrons. The summed E-state index contributed by atoms with van der Waals surface area (Å²) in [5.41, 5.74) is 0.643. The van der Waals surface area contributed by atoms with Gasteiger partial charge >= 0.3 is 5.69 Å². The van der Waals surface area contributed by atoms with E-state index in [2.05, 4.69) is 27.5 Å². The van der Waals surface area contributed by atoms with Crippen LogP contribution in [0.5, 0.6) is 0 Å². The van der Waals surface area contributed by atoms with E-state index in [-0.39, 0.29) is 5.69 Å². The summed E-state index contributed by atoms with van der Waals surface area (Å²) in [5.74, 6) is 0.732. The van der Waals surface area contributed by atoms with Gasteiger partial charge in [-0.1, -0.05) is 19.8 Å². The van der Waals surface area contributed by atoms with Crippen LogP contribution >= 0.6 is 0 Å². The van der Waals surface area contributed by atoms with Crippen LogP contribution in [0.1, 0.15) is 39.0 Å². The van der Waals surface area contributed by atoms with Gasteiger partial charge in [-0.3, -0.25) is 0 Å². The molecule has 102 valence electrons. The summed E-state index contributed by atoms with van der Waals surface area (Å²) in [6.07, 6.45) is 6.40. The molecule has 2 aromatic rings. The smallest absolute Gasteiger partial charge is 0.364 e. The Hall–Kier alpha value is -1.85. The van der Waals surface area contributed by atoms with E-state index in [1.165, 1.54) is 36.6 Å². The average molecular weight is 261 g/mol. The van der Waals surface area contributed by atoms with Crippen molar-refractivity contribution in [3.05, 3.63) is 22.6 Å². The number of rotatable bonds is 4. The summed E-state index contributed by atoms with van der Waals surface area (Å²) in [4.78, 5) is 11.5. The predicted octanol–water partition coefficient (Wildman–Crippen LogP) is 1.80. The zero-order chi connectivity index (χ0) is 13.3. The van der Waals surface area contributed by atoms with Crippen LogP contribution in [-0.2, 0) is 0 Å². The Bertz CT molecular complexity index is 623. The van der Waals surface area contributed by atoms with Crippen molar-refractivity contribution in [3.8, 4) is 0 Å². The van der Waals surface area contributed by atoms with Crippen LogP contribution in [0.3, 0.4) is 0 Å². The summed E-state index contributed by atoms with van der Waals surface area (Å²) in [6, 6.07) is 3.66. The Kier molecular flexibility index (Phi) is 3.00. The fraction of sp³-hybridized carbons (Fsp3) is 0.615. The van der Waals surface area contributed by atoms with Crippen LogP contribution in [0, 0.1) is 5.41 Å².